The van der Waals surface area contributed by atoms with Crippen molar-refractivity contribution in [2.45, 2.75) is 26.0 Å². The van der Waals surface area contributed by atoms with E-state index in [4.69, 9.17) is 4.74 Å². The zero-order valence-corrected chi connectivity index (χ0v) is 11.9. The van der Waals surface area contributed by atoms with Gasteiger partial charge < -0.3 is 15.0 Å². The fraction of sp³-hybridized carbons (Fsp3) is 0.467. The average molecular weight is 276 g/mol. The maximum absolute atomic E-state index is 12.2. The highest BCUT2D eigenvalue weighted by Crippen LogP contribution is 2.17. The minimum absolute atomic E-state index is 0.00833. The van der Waals surface area contributed by atoms with Crippen molar-refractivity contribution >= 4 is 11.8 Å². The molecule has 1 aromatic rings. The molecular weight excluding hydrogens is 256 g/mol. The van der Waals surface area contributed by atoms with E-state index in [-0.39, 0.29) is 18.4 Å². The molecule has 0 saturated carbocycles. The summed E-state index contributed by atoms with van der Waals surface area (Å²) >= 11 is 0. The number of ether oxygens (including phenoxy) is 1. The van der Waals surface area contributed by atoms with Crippen LogP contribution in [-0.2, 0) is 20.9 Å². The first kappa shape index (κ1) is 14.5. The van der Waals surface area contributed by atoms with Crippen molar-refractivity contribution < 1.29 is 14.3 Å². The minimum Gasteiger partial charge on any atom is -0.367 e. The number of amides is 2. The molecular formula is C15H20N2O3. The van der Waals surface area contributed by atoms with E-state index in [1.807, 2.05) is 30.3 Å². The summed E-state index contributed by atoms with van der Waals surface area (Å²) in [6.07, 6.45) is 0. The number of piperazine rings is 1. The number of benzene rings is 1. The predicted molar refractivity (Wildman–Crippen MR) is 74.9 cm³/mol. The molecule has 5 heteroatoms. The van der Waals surface area contributed by atoms with Crippen LogP contribution in [0.1, 0.15) is 19.4 Å². The van der Waals surface area contributed by atoms with Gasteiger partial charge >= 0.3 is 0 Å². The van der Waals surface area contributed by atoms with Crippen LogP contribution in [0, 0.1) is 0 Å². The summed E-state index contributed by atoms with van der Waals surface area (Å²) in [5, 5.41) is 2.77. The van der Waals surface area contributed by atoms with Crippen LogP contribution < -0.4 is 5.32 Å². The Morgan fingerprint density at radius 3 is 2.75 bits per heavy atom. The summed E-state index contributed by atoms with van der Waals surface area (Å²) in [5.41, 5.74) is 0.210. The number of hydrogen-bond donors (Lipinski definition) is 1. The zero-order valence-electron chi connectivity index (χ0n) is 11.9. The van der Waals surface area contributed by atoms with Gasteiger partial charge in [0.15, 0.2) is 0 Å². The molecule has 1 aliphatic rings. The van der Waals surface area contributed by atoms with Crippen LogP contribution in [-0.4, -0.2) is 41.9 Å². The normalized spacial score (nSPS) is 17.7. The SMILES string of the molecule is CC1(C)C(=O)NCCN1C(=O)COCc1ccccc1. The Hall–Kier alpha value is -1.88. The fourth-order valence-corrected chi connectivity index (χ4v) is 2.24. The van der Waals surface area contributed by atoms with Crippen LogP contribution >= 0.6 is 0 Å². The van der Waals surface area contributed by atoms with Gasteiger partial charge in [0.1, 0.15) is 12.1 Å². The summed E-state index contributed by atoms with van der Waals surface area (Å²) in [6, 6.07) is 9.69. The second-order valence-corrected chi connectivity index (χ2v) is 5.34. The summed E-state index contributed by atoms with van der Waals surface area (Å²) < 4.78 is 5.44. The van der Waals surface area contributed by atoms with E-state index in [1.165, 1.54) is 0 Å². The van der Waals surface area contributed by atoms with Gasteiger partial charge in [0, 0.05) is 13.1 Å². The lowest BCUT2D eigenvalue weighted by molar-refractivity contribution is -0.152. The predicted octanol–water partition coefficient (Wildman–Crippen LogP) is 0.940. The Balaban J connectivity index is 1.87. The summed E-state index contributed by atoms with van der Waals surface area (Å²) in [5.74, 6) is -0.277. The Labute approximate surface area is 118 Å². The lowest BCUT2D eigenvalue weighted by atomic mass is 9.99. The van der Waals surface area contributed by atoms with Gasteiger partial charge in [-0.15, -0.1) is 0 Å². The first-order chi connectivity index (χ1) is 9.51. The molecule has 0 aliphatic carbocycles. The minimum atomic E-state index is -0.814. The highest BCUT2D eigenvalue weighted by Gasteiger charge is 2.40. The van der Waals surface area contributed by atoms with E-state index >= 15 is 0 Å². The van der Waals surface area contributed by atoms with Crippen molar-refractivity contribution in [2.24, 2.45) is 0 Å². The quantitative estimate of drug-likeness (QED) is 0.890. The van der Waals surface area contributed by atoms with Crippen molar-refractivity contribution in [3.8, 4) is 0 Å². The first-order valence-electron chi connectivity index (χ1n) is 6.72. The van der Waals surface area contributed by atoms with Gasteiger partial charge in [-0.3, -0.25) is 9.59 Å². The first-order valence-corrected chi connectivity index (χ1v) is 6.72. The molecule has 1 aromatic carbocycles. The van der Waals surface area contributed by atoms with Crippen LogP contribution in [0.15, 0.2) is 30.3 Å². The van der Waals surface area contributed by atoms with Crippen LogP contribution in [0.3, 0.4) is 0 Å². The Morgan fingerprint density at radius 1 is 1.35 bits per heavy atom. The smallest absolute Gasteiger partial charge is 0.249 e. The summed E-state index contributed by atoms with van der Waals surface area (Å²) in [6.45, 7) is 4.89. The molecule has 0 atom stereocenters. The van der Waals surface area contributed by atoms with E-state index in [9.17, 15) is 9.59 Å². The van der Waals surface area contributed by atoms with Crippen molar-refractivity contribution in [3.63, 3.8) is 0 Å². The van der Waals surface area contributed by atoms with Crippen LogP contribution in [0.25, 0.3) is 0 Å². The Morgan fingerprint density at radius 2 is 2.05 bits per heavy atom. The monoisotopic (exact) mass is 276 g/mol. The summed E-state index contributed by atoms with van der Waals surface area (Å²) in [7, 11) is 0. The van der Waals surface area contributed by atoms with Crippen LogP contribution in [0.4, 0.5) is 0 Å². The standard InChI is InChI=1S/C15H20N2O3/c1-15(2)14(19)16-8-9-17(15)13(18)11-20-10-12-6-4-3-5-7-12/h3-7H,8-11H2,1-2H3,(H,16,19). The van der Waals surface area contributed by atoms with E-state index < -0.39 is 5.54 Å². The van der Waals surface area contributed by atoms with Gasteiger partial charge in [-0.25, -0.2) is 0 Å². The van der Waals surface area contributed by atoms with E-state index in [0.29, 0.717) is 19.7 Å². The molecule has 0 unspecified atom stereocenters. The molecule has 2 amide bonds. The molecule has 2 rings (SSSR count). The maximum Gasteiger partial charge on any atom is 0.249 e. The Bertz CT molecular complexity index is 485. The molecule has 0 bridgehead atoms. The third kappa shape index (κ3) is 3.17. The molecule has 1 fully saturated rings. The molecule has 1 N–H and O–H groups in total. The number of hydrogen-bond acceptors (Lipinski definition) is 3. The van der Waals surface area contributed by atoms with Crippen molar-refractivity contribution in [3.05, 3.63) is 35.9 Å². The number of carbonyl (C=O) groups is 2. The van der Waals surface area contributed by atoms with Crippen molar-refractivity contribution in [1.82, 2.24) is 10.2 Å². The number of carbonyl (C=O) groups excluding carboxylic acids is 2. The third-order valence-corrected chi connectivity index (χ3v) is 3.49. The van der Waals surface area contributed by atoms with Crippen molar-refractivity contribution in [1.29, 1.82) is 0 Å². The second-order valence-electron chi connectivity index (χ2n) is 5.34. The van der Waals surface area contributed by atoms with E-state index in [1.54, 1.807) is 18.7 Å². The van der Waals surface area contributed by atoms with E-state index in [0.717, 1.165) is 5.56 Å². The van der Waals surface area contributed by atoms with Crippen molar-refractivity contribution in [2.75, 3.05) is 19.7 Å². The maximum atomic E-state index is 12.2. The molecule has 0 spiro atoms. The fourth-order valence-electron chi connectivity index (χ4n) is 2.24. The average Bonchev–Trinajstić information content (AvgIpc) is 2.43. The molecule has 1 heterocycles. The molecule has 0 aromatic heterocycles. The highest BCUT2D eigenvalue weighted by atomic mass is 16.5. The summed E-state index contributed by atoms with van der Waals surface area (Å²) in [4.78, 5) is 25.5. The highest BCUT2D eigenvalue weighted by molar-refractivity contribution is 5.92. The molecule has 108 valence electrons. The molecule has 1 aliphatic heterocycles. The lowest BCUT2D eigenvalue weighted by Gasteiger charge is -2.41. The second kappa shape index (κ2) is 6.05. The third-order valence-electron chi connectivity index (χ3n) is 3.49. The van der Waals surface area contributed by atoms with Gasteiger partial charge in [0.25, 0.3) is 0 Å². The largest absolute Gasteiger partial charge is 0.367 e. The topological polar surface area (TPSA) is 58.6 Å². The number of nitrogens with zero attached hydrogens (tertiary/aromatic N) is 1. The zero-order chi connectivity index (χ0) is 14.6. The Kier molecular flexibility index (Phi) is 4.39. The number of rotatable bonds is 4. The van der Waals surface area contributed by atoms with Gasteiger partial charge in [-0.05, 0) is 19.4 Å². The van der Waals surface area contributed by atoms with E-state index in [2.05, 4.69) is 5.32 Å². The van der Waals surface area contributed by atoms with Crippen LogP contribution in [0.2, 0.25) is 0 Å². The molecule has 1 saturated heterocycles. The molecule has 5 nitrogen and oxygen atoms in total. The van der Waals surface area contributed by atoms with Gasteiger partial charge in [0.05, 0.1) is 6.61 Å². The molecule has 0 radical (unpaired) electrons. The van der Waals surface area contributed by atoms with Gasteiger partial charge in [-0.1, -0.05) is 30.3 Å². The molecule has 20 heavy (non-hydrogen) atoms. The number of nitrogens with one attached hydrogen (secondary N) is 1. The van der Waals surface area contributed by atoms with Gasteiger partial charge in [-0.2, -0.15) is 0 Å². The van der Waals surface area contributed by atoms with Crippen LogP contribution in [0.5, 0.6) is 0 Å². The lowest BCUT2D eigenvalue weighted by Crippen LogP contribution is -2.64. The van der Waals surface area contributed by atoms with Gasteiger partial charge in [0.2, 0.25) is 11.8 Å².